The molecule has 0 atom stereocenters. The van der Waals surface area contributed by atoms with Crippen molar-refractivity contribution in [1.82, 2.24) is 0 Å². The van der Waals surface area contributed by atoms with Crippen LogP contribution in [0.15, 0.2) is 53.4 Å². The Bertz CT molecular complexity index is 755. The van der Waals surface area contributed by atoms with Gasteiger partial charge in [0, 0.05) is 12.1 Å². The lowest BCUT2D eigenvalue weighted by molar-refractivity contribution is -0.384. The summed E-state index contributed by atoms with van der Waals surface area (Å²) in [6, 6.07) is 12.5. The summed E-state index contributed by atoms with van der Waals surface area (Å²) >= 11 is 2.05. The Morgan fingerprint density at radius 3 is 1.83 bits per heavy atom. The summed E-state index contributed by atoms with van der Waals surface area (Å²) in [5, 5.41) is 10.1. The van der Waals surface area contributed by atoms with Gasteiger partial charge in [-0.25, -0.2) is 8.42 Å². The predicted molar refractivity (Wildman–Crippen MR) is 81.7 cm³/mol. The van der Waals surface area contributed by atoms with E-state index in [0.29, 0.717) is 5.92 Å². The molecule has 2 aromatic carbocycles. The minimum absolute atomic E-state index is 0.257. The van der Waals surface area contributed by atoms with Crippen LogP contribution in [0.1, 0.15) is 25.3 Å². The Hall–Kier alpha value is -1.52. The first-order chi connectivity index (χ1) is 10.6. The van der Waals surface area contributed by atoms with Gasteiger partial charge in [0.2, 0.25) is 0 Å². The van der Waals surface area contributed by atoms with Gasteiger partial charge < -0.3 is 4.55 Å². The van der Waals surface area contributed by atoms with E-state index in [-0.39, 0.29) is 5.69 Å². The van der Waals surface area contributed by atoms with Crippen LogP contribution >= 0.6 is 0 Å². The molecular weight excluding hydrogens is 433 g/mol. The van der Waals surface area contributed by atoms with Crippen molar-refractivity contribution in [2.45, 2.75) is 24.7 Å². The molecule has 0 amide bonds. The fourth-order valence-corrected chi connectivity index (χ4v) is 2.45. The molecule has 8 heteroatoms. The van der Waals surface area contributed by atoms with Gasteiger partial charge in [0.15, 0.2) is 3.57 Å². The zero-order valence-corrected chi connectivity index (χ0v) is 15.6. The molecule has 0 aliphatic rings. The van der Waals surface area contributed by atoms with Crippen LogP contribution in [0.2, 0.25) is 0 Å². The standard InChI is InChI=1S/C9H12I.C6H5NO5S/c1-7(2)8-3-5-9(10)6-4-8;8-7(9)5-1-3-6(4-2-5)13(10,11)12/h3-7,10H,1-2H3;1-4H,(H,10,11,12)/q+1;/p-1. The van der Waals surface area contributed by atoms with E-state index in [4.69, 9.17) is 0 Å². The van der Waals surface area contributed by atoms with Crippen molar-refractivity contribution >= 4 is 15.8 Å². The van der Waals surface area contributed by atoms with Crippen molar-refractivity contribution in [2.75, 3.05) is 0 Å². The van der Waals surface area contributed by atoms with Crippen LogP contribution < -0.4 is 22.6 Å². The van der Waals surface area contributed by atoms with E-state index in [1.54, 1.807) is 0 Å². The first-order valence-electron chi connectivity index (χ1n) is 6.58. The maximum atomic E-state index is 10.4. The van der Waals surface area contributed by atoms with Crippen LogP contribution in [-0.2, 0) is 10.1 Å². The summed E-state index contributed by atoms with van der Waals surface area (Å²) in [6.07, 6.45) is 0. The zero-order chi connectivity index (χ0) is 17.6. The Morgan fingerprint density at radius 1 is 1.00 bits per heavy atom. The van der Waals surface area contributed by atoms with Crippen molar-refractivity contribution < 1.29 is 40.5 Å². The highest BCUT2D eigenvalue weighted by atomic mass is 127. The molecule has 0 aliphatic carbocycles. The number of non-ortho nitro benzene ring substituents is 1. The SMILES string of the molecule is CC(C)c1ccc([IH+])cc1.O=[N+]([O-])c1ccc(S(=O)(=O)[O-])cc1. The van der Waals surface area contributed by atoms with Crippen LogP contribution in [0.4, 0.5) is 5.69 Å². The van der Waals surface area contributed by atoms with Gasteiger partial charge in [-0.15, -0.1) is 0 Å². The summed E-state index contributed by atoms with van der Waals surface area (Å²) in [6.45, 7) is 4.43. The number of halogens is 1. The molecule has 0 unspecified atom stereocenters. The lowest BCUT2D eigenvalue weighted by Gasteiger charge is -2.04. The molecule has 0 spiro atoms. The molecule has 2 rings (SSSR count). The van der Waals surface area contributed by atoms with Crippen LogP contribution in [-0.4, -0.2) is 17.9 Å². The number of rotatable bonds is 3. The first kappa shape index (κ1) is 19.5. The Morgan fingerprint density at radius 2 is 1.48 bits per heavy atom. The highest BCUT2D eigenvalue weighted by Gasteiger charge is 2.06. The smallest absolute Gasteiger partial charge is 0.296 e. The number of nitro benzene ring substituents is 1. The molecule has 0 bridgehead atoms. The molecule has 6 nitrogen and oxygen atoms in total. The van der Waals surface area contributed by atoms with Crippen LogP contribution in [0.5, 0.6) is 0 Å². The Kier molecular flexibility index (Phi) is 7.10. The molecular formula is C15H16INO5S. The minimum Gasteiger partial charge on any atom is -0.744 e. The number of hydrogen-bond donors (Lipinski definition) is 0. The molecule has 2 aromatic rings. The van der Waals surface area contributed by atoms with E-state index in [9.17, 15) is 23.1 Å². The second-order valence-electron chi connectivity index (χ2n) is 4.93. The van der Waals surface area contributed by atoms with Gasteiger partial charge in [-0.3, -0.25) is 10.1 Å². The van der Waals surface area contributed by atoms with Gasteiger partial charge >= 0.3 is 0 Å². The van der Waals surface area contributed by atoms with Gasteiger partial charge in [-0.2, -0.15) is 0 Å². The molecule has 0 aromatic heterocycles. The second-order valence-corrected chi connectivity index (χ2v) is 7.65. The second kappa shape index (κ2) is 8.37. The third-order valence-corrected chi connectivity index (χ3v) is 4.51. The number of benzene rings is 2. The van der Waals surface area contributed by atoms with E-state index < -0.39 is 19.9 Å². The molecule has 0 fully saturated rings. The third-order valence-electron chi connectivity index (χ3n) is 2.88. The topological polar surface area (TPSA) is 100 Å². The van der Waals surface area contributed by atoms with Crippen LogP contribution in [0.3, 0.4) is 0 Å². The maximum Gasteiger partial charge on any atom is 0.296 e. The molecule has 124 valence electrons. The molecule has 0 radical (unpaired) electrons. The lowest BCUT2D eigenvalue weighted by Crippen LogP contribution is -3.34. The average Bonchev–Trinajstić information content (AvgIpc) is 2.47. The van der Waals surface area contributed by atoms with Gasteiger partial charge in [-0.05, 0) is 35.7 Å². The monoisotopic (exact) mass is 449 g/mol. The quantitative estimate of drug-likeness (QED) is 0.279. The van der Waals surface area contributed by atoms with E-state index in [0.717, 1.165) is 24.3 Å². The molecule has 23 heavy (non-hydrogen) atoms. The molecule has 0 N–H and O–H groups in total. The third kappa shape index (κ3) is 6.63. The summed E-state index contributed by atoms with van der Waals surface area (Å²) < 4.78 is 32.5. The van der Waals surface area contributed by atoms with Gasteiger partial charge in [-0.1, -0.05) is 26.0 Å². The Labute approximate surface area is 148 Å². The van der Waals surface area contributed by atoms with E-state index in [1.165, 1.54) is 9.13 Å². The highest BCUT2D eigenvalue weighted by Crippen LogP contribution is 2.15. The summed E-state index contributed by atoms with van der Waals surface area (Å²) in [4.78, 5) is 8.99. The first-order valence-corrected chi connectivity index (χ1v) is 9.16. The number of hydrogen-bond acceptors (Lipinski definition) is 5. The van der Waals surface area contributed by atoms with Crippen LogP contribution in [0, 0.1) is 13.7 Å². The highest BCUT2D eigenvalue weighted by molar-refractivity contribution is 7.85. The Balaban J connectivity index is 0.000000238. The molecule has 0 saturated carbocycles. The van der Waals surface area contributed by atoms with Crippen molar-refractivity contribution in [3.63, 3.8) is 0 Å². The molecule has 0 saturated heterocycles. The van der Waals surface area contributed by atoms with Crippen molar-refractivity contribution in [3.8, 4) is 0 Å². The van der Waals surface area contributed by atoms with E-state index in [2.05, 4.69) is 38.1 Å². The minimum atomic E-state index is -4.52. The lowest BCUT2D eigenvalue weighted by atomic mass is 10.0. The van der Waals surface area contributed by atoms with Crippen molar-refractivity contribution in [3.05, 3.63) is 67.8 Å². The predicted octanol–water partition coefficient (Wildman–Crippen LogP) is -0.236. The fourth-order valence-electron chi connectivity index (χ4n) is 1.59. The van der Waals surface area contributed by atoms with Gasteiger partial charge in [0.05, 0.1) is 9.82 Å². The summed E-state index contributed by atoms with van der Waals surface area (Å²) in [5.74, 6) is 0.654. The molecule has 0 aliphatic heterocycles. The van der Waals surface area contributed by atoms with Crippen molar-refractivity contribution in [2.24, 2.45) is 0 Å². The molecule has 0 heterocycles. The van der Waals surface area contributed by atoms with E-state index >= 15 is 0 Å². The summed E-state index contributed by atoms with van der Waals surface area (Å²) in [5.41, 5.74) is 1.17. The normalized spacial score (nSPS) is 10.8. The zero-order valence-electron chi connectivity index (χ0n) is 12.5. The number of nitrogens with zero attached hydrogens (tertiary/aromatic N) is 1. The van der Waals surface area contributed by atoms with Gasteiger partial charge in [0.25, 0.3) is 28.3 Å². The largest absolute Gasteiger partial charge is 0.744 e. The van der Waals surface area contributed by atoms with E-state index in [1.807, 2.05) is 22.6 Å². The van der Waals surface area contributed by atoms with Gasteiger partial charge in [0.1, 0.15) is 10.1 Å². The average molecular weight is 449 g/mol. The maximum absolute atomic E-state index is 10.4. The number of nitro groups is 1. The fraction of sp³-hybridized carbons (Fsp3) is 0.200. The van der Waals surface area contributed by atoms with Crippen molar-refractivity contribution in [1.29, 1.82) is 0 Å². The van der Waals surface area contributed by atoms with Crippen LogP contribution in [0.25, 0.3) is 0 Å². The summed E-state index contributed by atoms with van der Waals surface area (Å²) in [7, 11) is -4.52.